The highest BCUT2D eigenvalue weighted by Crippen LogP contribution is 2.45. The van der Waals surface area contributed by atoms with Gasteiger partial charge in [0.15, 0.2) is 0 Å². The van der Waals surface area contributed by atoms with Crippen LogP contribution in [0.3, 0.4) is 0 Å². The first-order chi connectivity index (χ1) is 9.53. The quantitative estimate of drug-likeness (QED) is 0.909. The van der Waals surface area contributed by atoms with Gasteiger partial charge in [0, 0.05) is 26.9 Å². The topological polar surface area (TPSA) is 61.1 Å². The summed E-state index contributed by atoms with van der Waals surface area (Å²) in [4.78, 5) is 0. The van der Waals surface area contributed by atoms with Crippen molar-refractivity contribution in [2.45, 2.75) is 48.2 Å². The molecule has 3 nitrogen and oxygen atoms in total. The molecule has 2 aliphatic heterocycles. The van der Waals surface area contributed by atoms with E-state index in [2.05, 4.69) is 0 Å². The molecule has 2 atom stereocenters. The van der Waals surface area contributed by atoms with E-state index in [1.165, 1.54) is 6.07 Å². The van der Waals surface area contributed by atoms with E-state index in [9.17, 15) is 13.7 Å². The van der Waals surface area contributed by atoms with E-state index >= 15 is 0 Å². The number of rotatable bonds is 2. The van der Waals surface area contributed by atoms with Crippen molar-refractivity contribution in [1.29, 1.82) is 5.26 Å². The van der Waals surface area contributed by atoms with Gasteiger partial charge in [0.2, 0.25) is 0 Å². The third-order valence-electron chi connectivity index (χ3n) is 4.46. The van der Waals surface area contributed by atoms with Gasteiger partial charge in [-0.05, 0) is 37.3 Å². The first kappa shape index (κ1) is 13.7. The Morgan fingerprint density at radius 1 is 1.40 bits per heavy atom. The third kappa shape index (κ3) is 2.17. The van der Waals surface area contributed by atoms with Crippen LogP contribution in [0.5, 0.6) is 0 Å². The number of nitrogens with zero attached hydrogens (tertiary/aromatic N) is 1. The van der Waals surface area contributed by atoms with Gasteiger partial charge in [-0.3, -0.25) is 4.21 Å². The van der Waals surface area contributed by atoms with Crippen LogP contribution in [-0.2, 0) is 22.8 Å². The van der Waals surface area contributed by atoms with E-state index in [0.29, 0.717) is 24.0 Å². The molecule has 0 aliphatic carbocycles. The normalized spacial score (nSPS) is 35.8. The minimum Gasteiger partial charge on any atom is -0.385 e. The summed E-state index contributed by atoms with van der Waals surface area (Å²) < 4.78 is 25.9. The molecule has 1 aromatic carbocycles. The molecule has 0 aromatic heterocycles. The fourth-order valence-electron chi connectivity index (χ4n) is 3.38. The van der Waals surface area contributed by atoms with E-state index < -0.39 is 22.2 Å². The highest BCUT2D eigenvalue weighted by molar-refractivity contribution is 7.86. The van der Waals surface area contributed by atoms with E-state index in [-0.39, 0.29) is 16.9 Å². The fourth-order valence-corrected chi connectivity index (χ4v) is 5.54. The van der Waals surface area contributed by atoms with Crippen molar-refractivity contribution in [3.8, 4) is 6.07 Å². The molecular weight excluding hydrogens is 277 g/mol. The van der Waals surface area contributed by atoms with Crippen LogP contribution in [0.1, 0.15) is 36.8 Å². The lowest BCUT2D eigenvalue weighted by Crippen LogP contribution is -2.40. The van der Waals surface area contributed by atoms with Crippen molar-refractivity contribution < 1.29 is 13.7 Å². The van der Waals surface area contributed by atoms with Crippen LogP contribution in [0.15, 0.2) is 18.2 Å². The van der Waals surface area contributed by atoms with Gasteiger partial charge in [0.1, 0.15) is 5.82 Å². The minimum atomic E-state index is -1.08. The maximum Gasteiger partial charge on any atom is 0.127 e. The van der Waals surface area contributed by atoms with Crippen LogP contribution in [0.4, 0.5) is 4.39 Å². The lowest BCUT2D eigenvalue weighted by Gasteiger charge is -2.36. The Labute approximate surface area is 119 Å². The van der Waals surface area contributed by atoms with Crippen LogP contribution in [0.25, 0.3) is 0 Å². The summed E-state index contributed by atoms with van der Waals surface area (Å²) in [7, 11) is -0.849. The van der Waals surface area contributed by atoms with Crippen molar-refractivity contribution in [1.82, 2.24) is 0 Å². The molecule has 0 radical (unpaired) electrons. The average Bonchev–Trinajstić information content (AvgIpc) is 2.64. The number of benzene rings is 1. The zero-order valence-corrected chi connectivity index (χ0v) is 11.8. The Morgan fingerprint density at radius 2 is 2.05 bits per heavy atom. The second-order valence-corrected chi connectivity index (χ2v) is 7.72. The molecule has 3 rings (SSSR count). The summed E-state index contributed by atoms with van der Waals surface area (Å²) in [5.74, 6) is -0.448. The number of fused-ring (bicyclic) bond motifs is 2. The molecule has 2 saturated heterocycles. The monoisotopic (exact) mass is 293 g/mol. The van der Waals surface area contributed by atoms with Crippen molar-refractivity contribution in [2.24, 2.45) is 0 Å². The van der Waals surface area contributed by atoms with Gasteiger partial charge in [-0.15, -0.1) is 0 Å². The Bertz CT molecular complexity index is 594. The van der Waals surface area contributed by atoms with Gasteiger partial charge in [-0.25, -0.2) is 4.39 Å². The molecule has 2 unspecified atom stereocenters. The number of halogens is 1. The summed E-state index contributed by atoms with van der Waals surface area (Å²) in [6.45, 7) is 0. The van der Waals surface area contributed by atoms with Gasteiger partial charge in [0.05, 0.1) is 18.1 Å². The van der Waals surface area contributed by atoms with E-state index in [0.717, 1.165) is 12.8 Å². The van der Waals surface area contributed by atoms with Gasteiger partial charge in [0.25, 0.3) is 0 Å². The van der Waals surface area contributed by atoms with Crippen LogP contribution in [-0.4, -0.2) is 19.8 Å². The SMILES string of the molecule is N#CCc1ccc(C2(O)CC3CCC(C2)S3=O)cc1F. The molecule has 2 aliphatic rings. The predicted octanol–water partition coefficient (Wildman–Crippen LogP) is 2.15. The number of aliphatic hydroxyl groups is 1. The van der Waals surface area contributed by atoms with Crippen molar-refractivity contribution >= 4 is 10.8 Å². The lowest BCUT2D eigenvalue weighted by atomic mass is 9.85. The molecule has 5 heteroatoms. The molecule has 20 heavy (non-hydrogen) atoms. The molecule has 1 N–H and O–H groups in total. The van der Waals surface area contributed by atoms with Crippen molar-refractivity contribution in [2.75, 3.05) is 0 Å². The van der Waals surface area contributed by atoms with E-state index in [4.69, 9.17) is 5.26 Å². The zero-order chi connectivity index (χ0) is 14.3. The zero-order valence-electron chi connectivity index (χ0n) is 11.0. The maximum absolute atomic E-state index is 13.9. The number of hydrogen-bond acceptors (Lipinski definition) is 3. The minimum absolute atomic E-state index is 0.0276. The Balaban J connectivity index is 1.91. The Kier molecular flexibility index (Phi) is 3.39. The summed E-state index contributed by atoms with van der Waals surface area (Å²) in [6, 6.07) is 6.52. The largest absolute Gasteiger partial charge is 0.385 e. The molecule has 1 aromatic rings. The highest BCUT2D eigenvalue weighted by Gasteiger charge is 2.48. The Morgan fingerprint density at radius 3 is 2.60 bits per heavy atom. The average molecular weight is 293 g/mol. The third-order valence-corrected chi connectivity index (χ3v) is 6.58. The van der Waals surface area contributed by atoms with Gasteiger partial charge in [-0.2, -0.15) is 5.26 Å². The first-order valence-corrected chi connectivity index (χ1v) is 8.09. The van der Waals surface area contributed by atoms with Crippen molar-refractivity contribution in [3.05, 3.63) is 35.1 Å². The van der Waals surface area contributed by atoms with Gasteiger partial charge >= 0.3 is 0 Å². The van der Waals surface area contributed by atoms with Crippen LogP contribution >= 0.6 is 0 Å². The second-order valence-electron chi connectivity index (χ2n) is 5.73. The second kappa shape index (κ2) is 4.94. The molecular formula is C15H16FNO2S. The molecule has 0 spiro atoms. The number of hydrogen-bond donors (Lipinski definition) is 1. The molecule has 106 valence electrons. The maximum atomic E-state index is 13.9. The standard InChI is InChI=1S/C15H16FNO2S/c16-14-7-11(2-1-10(14)5-6-17)15(18)8-12-3-4-13(9-15)20(12)19/h1-2,7,12-13,18H,3-5,8-9H2. The first-order valence-electron chi connectivity index (χ1n) is 6.81. The van der Waals surface area contributed by atoms with Crippen LogP contribution < -0.4 is 0 Å². The fraction of sp³-hybridized carbons (Fsp3) is 0.533. The van der Waals surface area contributed by atoms with E-state index in [1.54, 1.807) is 12.1 Å². The van der Waals surface area contributed by atoms with E-state index in [1.807, 2.05) is 6.07 Å². The molecule has 2 bridgehead atoms. The highest BCUT2D eigenvalue weighted by atomic mass is 32.2. The molecule has 2 fully saturated rings. The Hall–Kier alpha value is -1.25. The lowest BCUT2D eigenvalue weighted by molar-refractivity contribution is 0.0181. The van der Waals surface area contributed by atoms with Gasteiger partial charge in [-0.1, -0.05) is 12.1 Å². The van der Waals surface area contributed by atoms with Crippen LogP contribution in [0.2, 0.25) is 0 Å². The molecule has 0 saturated carbocycles. The van der Waals surface area contributed by atoms with Crippen LogP contribution in [0, 0.1) is 17.1 Å². The summed E-state index contributed by atoms with van der Waals surface area (Å²) in [6.07, 6.45) is 2.67. The summed E-state index contributed by atoms with van der Waals surface area (Å²) >= 11 is 0. The summed E-state index contributed by atoms with van der Waals surface area (Å²) in [5, 5.41) is 19.5. The van der Waals surface area contributed by atoms with Gasteiger partial charge < -0.3 is 5.11 Å². The van der Waals surface area contributed by atoms with Crippen molar-refractivity contribution in [3.63, 3.8) is 0 Å². The number of nitriles is 1. The predicted molar refractivity (Wildman–Crippen MR) is 73.8 cm³/mol. The summed E-state index contributed by atoms with van der Waals surface area (Å²) in [5.41, 5.74) is -0.182. The molecule has 2 heterocycles. The molecule has 0 amide bonds. The smallest absolute Gasteiger partial charge is 0.127 e.